The zero-order chi connectivity index (χ0) is 7.84. The molecule has 1 aliphatic carbocycles. The van der Waals surface area contributed by atoms with Crippen LogP contribution in [0.1, 0.15) is 17.3 Å². The van der Waals surface area contributed by atoms with E-state index in [1.165, 1.54) is 0 Å². The number of aliphatic hydroxyl groups is 1. The Labute approximate surface area is 64.9 Å². The van der Waals surface area contributed by atoms with Gasteiger partial charge >= 0.3 is 0 Å². The summed E-state index contributed by atoms with van der Waals surface area (Å²) in [5, 5.41) is 9.35. The van der Waals surface area contributed by atoms with Crippen LogP contribution < -0.4 is 5.73 Å². The average molecular weight is 150 g/mol. The molecular weight excluding hydrogens is 140 g/mol. The normalized spacial score (nSPS) is 28.5. The second-order valence-electron chi connectivity index (χ2n) is 2.84. The molecule has 0 radical (unpaired) electrons. The lowest BCUT2D eigenvalue weighted by Crippen LogP contribution is -2.21. The molecule has 0 aliphatic heterocycles. The Morgan fingerprint density at radius 2 is 2.45 bits per heavy atom. The molecule has 0 saturated heterocycles. The van der Waals surface area contributed by atoms with Crippen LogP contribution in [-0.2, 0) is 6.42 Å². The number of pyridine rings is 1. The summed E-state index contributed by atoms with van der Waals surface area (Å²) in [5.41, 5.74) is 7.62. The Balaban J connectivity index is 2.47. The Morgan fingerprint density at radius 1 is 1.64 bits per heavy atom. The maximum atomic E-state index is 9.35. The van der Waals surface area contributed by atoms with Crippen molar-refractivity contribution >= 4 is 0 Å². The van der Waals surface area contributed by atoms with E-state index >= 15 is 0 Å². The summed E-state index contributed by atoms with van der Waals surface area (Å²) in [7, 11) is 0. The van der Waals surface area contributed by atoms with Gasteiger partial charge in [-0.1, -0.05) is 6.07 Å². The Kier molecular flexibility index (Phi) is 1.41. The van der Waals surface area contributed by atoms with Gasteiger partial charge in [-0.15, -0.1) is 0 Å². The second-order valence-corrected chi connectivity index (χ2v) is 2.84. The predicted molar refractivity (Wildman–Crippen MR) is 40.9 cm³/mol. The topological polar surface area (TPSA) is 59.1 Å². The average Bonchev–Trinajstić information content (AvgIpc) is 2.30. The van der Waals surface area contributed by atoms with E-state index in [1.807, 2.05) is 12.1 Å². The van der Waals surface area contributed by atoms with Crippen LogP contribution in [-0.4, -0.2) is 16.2 Å². The van der Waals surface area contributed by atoms with E-state index in [4.69, 9.17) is 5.73 Å². The summed E-state index contributed by atoms with van der Waals surface area (Å²) >= 11 is 0. The molecule has 3 nitrogen and oxygen atoms in total. The van der Waals surface area contributed by atoms with Gasteiger partial charge in [0.2, 0.25) is 0 Å². The standard InChI is InChI=1S/C8H10N2O/c9-8-5-2-1-3-10-6(5)4-7(8)11/h1-3,7-8,11H,4,9H2/t7-,8+/m1/s1. The summed E-state index contributed by atoms with van der Waals surface area (Å²) in [5.74, 6) is 0. The number of rotatable bonds is 0. The molecule has 1 aromatic heterocycles. The third-order valence-corrected chi connectivity index (χ3v) is 2.10. The highest BCUT2D eigenvalue weighted by Gasteiger charge is 2.28. The number of aromatic nitrogens is 1. The third kappa shape index (κ3) is 0.931. The van der Waals surface area contributed by atoms with Crippen LogP contribution in [0.2, 0.25) is 0 Å². The first-order chi connectivity index (χ1) is 5.29. The number of nitrogens with two attached hydrogens (primary N) is 1. The molecule has 0 unspecified atom stereocenters. The molecule has 3 heteroatoms. The monoisotopic (exact) mass is 150 g/mol. The molecule has 1 heterocycles. The number of nitrogens with zero attached hydrogens (tertiary/aromatic N) is 1. The minimum absolute atomic E-state index is 0.237. The maximum Gasteiger partial charge on any atom is 0.0788 e. The first-order valence-electron chi connectivity index (χ1n) is 3.66. The fourth-order valence-electron chi connectivity index (χ4n) is 1.46. The third-order valence-electron chi connectivity index (χ3n) is 2.10. The van der Waals surface area contributed by atoms with Crippen molar-refractivity contribution in [2.45, 2.75) is 18.6 Å². The van der Waals surface area contributed by atoms with Crippen molar-refractivity contribution in [3.63, 3.8) is 0 Å². The van der Waals surface area contributed by atoms with Crippen LogP contribution in [0.4, 0.5) is 0 Å². The maximum absolute atomic E-state index is 9.35. The van der Waals surface area contributed by atoms with Gasteiger partial charge in [0.05, 0.1) is 12.1 Å². The van der Waals surface area contributed by atoms with Gasteiger partial charge < -0.3 is 10.8 Å². The van der Waals surface area contributed by atoms with Gasteiger partial charge in [-0.25, -0.2) is 0 Å². The molecule has 0 aromatic carbocycles. The smallest absolute Gasteiger partial charge is 0.0788 e. The minimum atomic E-state index is -0.445. The first-order valence-corrected chi connectivity index (χ1v) is 3.66. The largest absolute Gasteiger partial charge is 0.391 e. The molecule has 0 fully saturated rings. The van der Waals surface area contributed by atoms with Crippen molar-refractivity contribution in [1.29, 1.82) is 0 Å². The lowest BCUT2D eigenvalue weighted by atomic mass is 10.1. The van der Waals surface area contributed by atoms with Crippen molar-refractivity contribution in [1.82, 2.24) is 4.98 Å². The molecule has 0 saturated carbocycles. The predicted octanol–water partition coefficient (Wildman–Crippen LogP) is -0.00160. The lowest BCUT2D eigenvalue weighted by molar-refractivity contribution is 0.158. The van der Waals surface area contributed by atoms with E-state index in [1.54, 1.807) is 6.20 Å². The molecule has 0 bridgehead atoms. The van der Waals surface area contributed by atoms with Crippen LogP contribution in [0.25, 0.3) is 0 Å². The molecule has 11 heavy (non-hydrogen) atoms. The zero-order valence-electron chi connectivity index (χ0n) is 6.07. The van der Waals surface area contributed by atoms with E-state index in [2.05, 4.69) is 4.98 Å². The van der Waals surface area contributed by atoms with Gasteiger partial charge in [-0.2, -0.15) is 0 Å². The van der Waals surface area contributed by atoms with E-state index in [0.29, 0.717) is 6.42 Å². The van der Waals surface area contributed by atoms with Crippen molar-refractivity contribution in [2.24, 2.45) is 5.73 Å². The quantitative estimate of drug-likeness (QED) is 0.547. The fourth-order valence-corrected chi connectivity index (χ4v) is 1.46. The number of aliphatic hydroxyl groups excluding tert-OH is 1. The second kappa shape index (κ2) is 2.29. The lowest BCUT2D eigenvalue weighted by Gasteiger charge is -2.07. The van der Waals surface area contributed by atoms with Crippen molar-refractivity contribution < 1.29 is 5.11 Å². The molecule has 58 valence electrons. The van der Waals surface area contributed by atoms with Crippen LogP contribution >= 0.6 is 0 Å². The molecule has 0 amide bonds. The molecule has 0 spiro atoms. The summed E-state index contributed by atoms with van der Waals surface area (Å²) in [4.78, 5) is 4.12. The molecule has 3 N–H and O–H groups in total. The van der Waals surface area contributed by atoms with Crippen molar-refractivity contribution in [2.75, 3.05) is 0 Å². The highest BCUT2D eigenvalue weighted by atomic mass is 16.3. The summed E-state index contributed by atoms with van der Waals surface area (Å²) in [6, 6.07) is 3.53. The SMILES string of the molecule is N[C@H]1c2cccnc2C[C@H]1O. The van der Waals surface area contributed by atoms with E-state index in [0.717, 1.165) is 11.3 Å². The summed E-state index contributed by atoms with van der Waals surface area (Å²) in [6.45, 7) is 0. The van der Waals surface area contributed by atoms with Gasteiger partial charge in [0.25, 0.3) is 0 Å². The molecule has 1 aromatic rings. The van der Waals surface area contributed by atoms with Crippen LogP contribution in [0.5, 0.6) is 0 Å². The number of hydrogen-bond donors (Lipinski definition) is 2. The van der Waals surface area contributed by atoms with Crippen LogP contribution in [0.15, 0.2) is 18.3 Å². The summed E-state index contributed by atoms with van der Waals surface area (Å²) < 4.78 is 0. The van der Waals surface area contributed by atoms with E-state index in [9.17, 15) is 5.11 Å². The van der Waals surface area contributed by atoms with Gasteiger partial charge in [0.1, 0.15) is 0 Å². The van der Waals surface area contributed by atoms with E-state index in [-0.39, 0.29) is 6.04 Å². The van der Waals surface area contributed by atoms with Gasteiger partial charge in [0.15, 0.2) is 0 Å². The first kappa shape index (κ1) is 6.76. The highest BCUT2D eigenvalue weighted by molar-refractivity contribution is 5.30. The van der Waals surface area contributed by atoms with Crippen LogP contribution in [0, 0.1) is 0 Å². The van der Waals surface area contributed by atoms with Crippen molar-refractivity contribution in [3.05, 3.63) is 29.6 Å². The van der Waals surface area contributed by atoms with Crippen LogP contribution in [0.3, 0.4) is 0 Å². The Hall–Kier alpha value is -0.930. The van der Waals surface area contributed by atoms with Crippen molar-refractivity contribution in [3.8, 4) is 0 Å². The highest BCUT2D eigenvalue weighted by Crippen LogP contribution is 2.26. The summed E-state index contributed by atoms with van der Waals surface area (Å²) in [6.07, 6.45) is 1.88. The number of hydrogen-bond acceptors (Lipinski definition) is 3. The zero-order valence-corrected chi connectivity index (χ0v) is 6.07. The van der Waals surface area contributed by atoms with Gasteiger partial charge in [0, 0.05) is 18.3 Å². The number of fused-ring (bicyclic) bond motifs is 1. The molecule has 1 aliphatic rings. The van der Waals surface area contributed by atoms with Gasteiger partial charge in [-0.05, 0) is 11.6 Å². The minimum Gasteiger partial charge on any atom is -0.391 e. The molecular formula is C8H10N2O. The fraction of sp³-hybridized carbons (Fsp3) is 0.375. The Bertz CT molecular complexity index is 275. The van der Waals surface area contributed by atoms with E-state index < -0.39 is 6.10 Å². The molecule has 2 atom stereocenters. The molecule has 2 rings (SSSR count). The van der Waals surface area contributed by atoms with Gasteiger partial charge in [-0.3, -0.25) is 4.98 Å². The Morgan fingerprint density at radius 3 is 3.18 bits per heavy atom.